The van der Waals surface area contributed by atoms with Crippen LogP contribution in [0.5, 0.6) is 0 Å². The number of rotatable bonds is 4. The Morgan fingerprint density at radius 1 is 1.16 bits per heavy atom. The molecule has 0 aliphatic heterocycles. The zero-order chi connectivity index (χ0) is 17.8. The number of amides is 2. The lowest BCUT2D eigenvalue weighted by Crippen LogP contribution is -2.25. The van der Waals surface area contributed by atoms with Crippen LogP contribution in [-0.2, 0) is 4.74 Å². The second kappa shape index (κ2) is 7.45. The normalized spacial score (nSPS) is 10.3. The van der Waals surface area contributed by atoms with Gasteiger partial charge in [-0.1, -0.05) is 0 Å². The molecule has 0 spiro atoms. The van der Waals surface area contributed by atoms with Gasteiger partial charge < -0.3 is 10.1 Å². The molecule has 0 bridgehead atoms. The summed E-state index contributed by atoms with van der Waals surface area (Å²) in [5, 5.41) is 9.33. The second-order valence-electron chi connectivity index (χ2n) is 5.08. The third-order valence-electron chi connectivity index (χ3n) is 3.47. The minimum absolute atomic E-state index is 0.271. The number of aromatic nitrogens is 1. The van der Waals surface area contributed by atoms with E-state index in [9.17, 15) is 9.59 Å². The third kappa shape index (κ3) is 3.86. The summed E-state index contributed by atoms with van der Waals surface area (Å²) < 4.78 is 4.66. The first kappa shape index (κ1) is 17.1. The van der Waals surface area contributed by atoms with Gasteiger partial charge in [0.05, 0.1) is 7.11 Å². The first-order valence-electron chi connectivity index (χ1n) is 7.29. The van der Waals surface area contributed by atoms with Gasteiger partial charge in [0.25, 0.3) is 5.91 Å². The van der Waals surface area contributed by atoms with Crippen molar-refractivity contribution in [3.8, 4) is 10.6 Å². The maximum absolute atomic E-state index is 12.3. The lowest BCUT2D eigenvalue weighted by atomic mass is 10.2. The molecule has 0 aliphatic rings. The molecule has 2 heterocycles. The van der Waals surface area contributed by atoms with E-state index in [2.05, 4.69) is 15.0 Å². The molecule has 0 aliphatic carbocycles. The van der Waals surface area contributed by atoms with Gasteiger partial charge in [-0.3, -0.25) is 9.69 Å². The van der Waals surface area contributed by atoms with Crippen LogP contribution >= 0.6 is 22.7 Å². The van der Waals surface area contributed by atoms with Crippen molar-refractivity contribution in [2.45, 2.75) is 0 Å². The zero-order valence-corrected chi connectivity index (χ0v) is 15.2. The summed E-state index contributed by atoms with van der Waals surface area (Å²) in [4.78, 5) is 29.6. The number of nitrogens with zero attached hydrogens (tertiary/aromatic N) is 2. The van der Waals surface area contributed by atoms with Gasteiger partial charge in [0.2, 0.25) is 0 Å². The van der Waals surface area contributed by atoms with Crippen LogP contribution in [-0.4, -0.2) is 31.1 Å². The highest BCUT2D eigenvalue weighted by atomic mass is 32.1. The molecule has 0 unspecified atom stereocenters. The van der Waals surface area contributed by atoms with Crippen LogP contribution < -0.4 is 10.2 Å². The number of carbonyl (C=O) groups is 2. The van der Waals surface area contributed by atoms with Gasteiger partial charge in [-0.2, -0.15) is 11.3 Å². The van der Waals surface area contributed by atoms with Crippen LogP contribution in [0.1, 0.15) is 10.5 Å². The number of thiophene rings is 1. The largest absolute Gasteiger partial charge is 0.452 e. The van der Waals surface area contributed by atoms with Gasteiger partial charge in [-0.05, 0) is 35.7 Å². The van der Waals surface area contributed by atoms with E-state index in [1.54, 1.807) is 48.0 Å². The van der Waals surface area contributed by atoms with Crippen LogP contribution in [0.3, 0.4) is 0 Å². The number of carbonyl (C=O) groups excluding carboxylic acids is 2. The van der Waals surface area contributed by atoms with Crippen molar-refractivity contribution in [1.82, 2.24) is 4.98 Å². The average molecular weight is 373 g/mol. The first-order chi connectivity index (χ1) is 12.1. The van der Waals surface area contributed by atoms with Crippen LogP contribution in [0.25, 0.3) is 10.6 Å². The van der Waals surface area contributed by atoms with E-state index in [4.69, 9.17) is 0 Å². The number of hydrogen-bond acceptors (Lipinski definition) is 6. The minimum Gasteiger partial charge on any atom is -0.452 e. The molecule has 0 radical (unpaired) electrons. The van der Waals surface area contributed by atoms with E-state index in [0.717, 1.165) is 10.6 Å². The molecule has 3 aromatic rings. The van der Waals surface area contributed by atoms with E-state index in [1.807, 2.05) is 16.8 Å². The summed E-state index contributed by atoms with van der Waals surface area (Å²) in [6.07, 6.45) is -0.458. The smallest absolute Gasteiger partial charge is 0.413 e. The molecule has 128 valence electrons. The molecule has 2 aromatic heterocycles. The maximum atomic E-state index is 12.3. The van der Waals surface area contributed by atoms with Gasteiger partial charge in [-0.15, -0.1) is 11.3 Å². The number of anilines is 2. The van der Waals surface area contributed by atoms with E-state index in [1.165, 1.54) is 23.3 Å². The number of nitrogens with one attached hydrogen (secondary N) is 1. The summed E-state index contributed by atoms with van der Waals surface area (Å²) in [6.45, 7) is 0. The van der Waals surface area contributed by atoms with Crippen LogP contribution in [0.15, 0.2) is 46.5 Å². The Labute approximate surface area is 152 Å². The Bertz CT molecular complexity index is 873. The molecule has 1 N–H and O–H groups in total. The molecule has 0 saturated carbocycles. The average Bonchev–Trinajstić information content (AvgIpc) is 3.32. The maximum Gasteiger partial charge on any atom is 0.413 e. The van der Waals surface area contributed by atoms with Gasteiger partial charge in [0.15, 0.2) is 0 Å². The lowest BCUT2D eigenvalue weighted by Gasteiger charge is -2.15. The summed E-state index contributed by atoms with van der Waals surface area (Å²) in [6, 6.07) is 8.87. The van der Waals surface area contributed by atoms with Crippen molar-refractivity contribution in [1.29, 1.82) is 0 Å². The van der Waals surface area contributed by atoms with Crippen molar-refractivity contribution in [3.05, 3.63) is 52.2 Å². The first-order valence-corrected chi connectivity index (χ1v) is 9.12. The van der Waals surface area contributed by atoms with Crippen molar-refractivity contribution >= 4 is 46.0 Å². The SMILES string of the molecule is COC(=O)N(C)c1ccc(NC(=O)c2csc(-c3ccsc3)n2)cc1. The molecule has 0 atom stereocenters. The predicted molar refractivity (Wildman–Crippen MR) is 101 cm³/mol. The number of ether oxygens (including phenoxy) is 1. The van der Waals surface area contributed by atoms with Crippen LogP contribution in [0.4, 0.5) is 16.2 Å². The molecule has 25 heavy (non-hydrogen) atoms. The predicted octanol–water partition coefficient (Wildman–Crippen LogP) is 4.33. The number of hydrogen-bond donors (Lipinski definition) is 1. The van der Waals surface area contributed by atoms with Gasteiger partial charge >= 0.3 is 6.09 Å². The fraction of sp³-hybridized carbons (Fsp3) is 0.118. The molecule has 1 aromatic carbocycles. The topological polar surface area (TPSA) is 71.5 Å². The second-order valence-corrected chi connectivity index (χ2v) is 6.72. The summed E-state index contributed by atoms with van der Waals surface area (Å²) in [5.41, 5.74) is 2.68. The fourth-order valence-electron chi connectivity index (χ4n) is 2.10. The molecule has 0 fully saturated rings. The Balaban J connectivity index is 1.68. The molecule has 3 rings (SSSR count). The number of methoxy groups -OCH3 is 1. The van der Waals surface area contributed by atoms with Gasteiger partial charge in [-0.25, -0.2) is 9.78 Å². The monoisotopic (exact) mass is 373 g/mol. The summed E-state index contributed by atoms with van der Waals surface area (Å²) in [5.74, 6) is -0.271. The van der Waals surface area contributed by atoms with Crippen molar-refractivity contribution in [2.75, 3.05) is 24.4 Å². The Kier molecular flexibility index (Phi) is 5.11. The third-order valence-corrected chi connectivity index (χ3v) is 5.04. The molecule has 0 saturated heterocycles. The molecule has 6 nitrogen and oxygen atoms in total. The Morgan fingerprint density at radius 3 is 2.56 bits per heavy atom. The molecule has 2 amide bonds. The quantitative estimate of drug-likeness (QED) is 0.739. The van der Waals surface area contributed by atoms with E-state index in [-0.39, 0.29) is 5.91 Å². The highest BCUT2D eigenvalue weighted by Gasteiger charge is 2.14. The molecular formula is C17H15N3O3S2. The summed E-state index contributed by atoms with van der Waals surface area (Å²) in [7, 11) is 2.94. The van der Waals surface area contributed by atoms with E-state index >= 15 is 0 Å². The summed E-state index contributed by atoms with van der Waals surface area (Å²) >= 11 is 3.03. The van der Waals surface area contributed by atoms with Crippen molar-refractivity contribution < 1.29 is 14.3 Å². The van der Waals surface area contributed by atoms with E-state index < -0.39 is 6.09 Å². The highest BCUT2D eigenvalue weighted by Crippen LogP contribution is 2.26. The van der Waals surface area contributed by atoms with Crippen molar-refractivity contribution in [3.63, 3.8) is 0 Å². The number of thiazole rings is 1. The Hall–Kier alpha value is -2.71. The highest BCUT2D eigenvalue weighted by molar-refractivity contribution is 7.14. The zero-order valence-electron chi connectivity index (χ0n) is 13.6. The lowest BCUT2D eigenvalue weighted by molar-refractivity contribution is 0.102. The Morgan fingerprint density at radius 2 is 1.92 bits per heavy atom. The van der Waals surface area contributed by atoms with Crippen LogP contribution in [0, 0.1) is 0 Å². The van der Waals surface area contributed by atoms with Crippen molar-refractivity contribution in [2.24, 2.45) is 0 Å². The molecule has 8 heteroatoms. The van der Waals surface area contributed by atoms with Crippen LogP contribution in [0.2, 0.25) is 0 Å². The van der Waals surface area contributed by atoms with Gasteiger partial charge in [0.1, 0.15) is 10.7 Å². The molecular weight excluding hydrogens is 358 g/mol. The minimum atomic E-state index is -0.458. The number of benzene rings is 1. The van der Waals surface area contributed by atoms with Gasteiger partial charge in [0, 0.05) is 34.7 Å². The fourth-order valence-corrected chi connectivity index (χ4v) is 3.61. The van der Waals surface area contributed by atoms with E-state index in [0.29, 0.717) is 17.1 Å². The standard InChI is InChI=1S/C17H15N3O3S2/c1-20(17(22)23-2)13-5-3-12(4-6-13)18-15(21)14-10-25-16(19-14)11-7-8-24-9-11/h3-10H,1-2H3,(H,18,21).